The summed E-state index contributed by atoms with van der Waals surface area (Å²) in [6.45, 7) is 0. The number of thiazole rings is 1. The van der Waals surface area contributed by atoms with Crippen LogP contribution in [-0.4, -0.2) is 16.8 Å². The van der Waals surface area contributed by atoms with Gasteiger partial charge in [-0.25, -0.2) is 23.6 Å². The first kappa shape index (κ1) is 32.9. The van der Waals surface area contributed by atoms with Crippen molar-refractivity contribution in [3.05, 3.63) is 149 Å². The SMILES string of the molecule is O=C(Nc1nccs1)/C(NC(=O)c1ccccc1)=C(\Cl)[P+](c1ccccc1)(c1ccccc1)c1ccccc1.[O-][Cl+3]([O-])([O-])[O-]. The van der Waals surface area contributed by atoms with Gasteiger partial charge in [0, 0.05) is 17.1 Å². The van der Waals surface area contributed by atoms with Gasteiger partial charge < -0.3 is 5.32 Å². The Morgan fingerprint density at radius 3 is 1.50 bits per heavy atom. The lowest BCUT2D eigenvalue weighted by Gasteiger charge is -2.28. The van der Waals surface area contributed by atoms with Crippen molar-refractivity contribution in [1.29, 1.82) is 0 Å². The third kappa shape index (κ3) is 8.35. The van der Waals surface area contributed by atoms with Crippen molar-refractivity contribution < 1.29 is 38.5 Å². The number of amides is 2. The van der Waals surface area contributed by atoms with Crippen LogP contribution in [-0.2, 0) is 4.79 Å². The molecule has 0 saturated carbocycles. The van der Waals surface area contributed by atoms with Crippen molar-refractivity contribution in [3.63, 3.8) is 0 Å². The Balaban J connectivity index is 0.000000818. The highest BCUT2D eigenvalue weighted by molar-refractivity contribution is 8.00. The number of anilines is 1. The second-order valence-corrected chi connectivity index (χ2v) is 14.5. The van der Waals surface area contributed by atoms with Gasteiger partial charge in [-0.05, 0) is 60.1 Å². The number of halogens is 2. The highest BCUT2D eigenvalue weighted by atomic mass is 35.7. The number of hydrogen-bond donors (Lipinski definition) is 2. The van der Waals surface area contributed by atoms with E-state index < -0.39 is 29.3 Å². The number of benzene rings is 4. The van der Waals surface area contributed by atoms with Crippen molar-refractivity contribution in [2.75, 3.05) is 5.32 Å². The van der Waals surface area contributed by atoms with E-state index in [1.54, 1.807) is 35.8 Å². The number of nitrogens with zero attached hydrogens (tertiary/aromatic N) is 1. The Morgan fingerprint density at radius 2 is 1.11 bits per heavy atom. The van der Waals surface area contributed by atoms with Gasteiger partial charge in [0.05, 0.1) is 0 Å². The Morgan fingerprint density at radius 1 is 0.705 bits per heavy atom. The van der Waals surface area contributed by atoms with Crippen LogP contribution in [0.5, 0.6) is 0 Å². The number of hydrogen-bond acceptors (Lipinski definition) is 8. The molecule has 0 aliphatic rings. The molecule has 0 atom stereocenters. The van der Waals surface area contributed by atoms with Gasteiger partial charge in [-0.2, -0.15) is 0 Å². The number of nitrogens with one attached hydrogen (secondary N) is 2. The molecule has 4 aromatic carbocycles. The summed E-state index contributed by atoms with van der Waals surface area (Å²) >= 11 is 8.76. The molecule has 0 bridgehead atoms. The molecule has 0 fully saturated rings. The van der Waals surface area contributed by atoms with E-state index in [-0.39, 0.29) is 10.5 Å². The van der Waals surface area contributed by atoms with Crippen molar-refractivity contribution in [2.45, 2.75) is 0 Å². The average Bonchev–Trinajstić information content (AvgIpc) is 3.54. The maximum absolute atomic E-state index is 13.9. The molecule has 0 radical (unpaired) electrons. The van der Waals surface area contributed by atoms with Crippen LogP contribution in [0.25, 0.3) is 0 Å². The molecule has 1 heterocycles. The number of carbonyl (C=O) groups is 2. The van der Waals surface area contributed by atoms with Crippen LogP contribution in [0.4, 0.5) is 5.13 Å². The topological polar surface area (TPSA) is 163 Å². The molecule has 44 heavy (non-hydrogen) atoms. The van der Waals surface area contributed by atoms with Crippen LogP contribution in [0, 0.1) is 10.2 Å². The summed E-state index contributed by atoms with van der Waals surface area (Å²) in [5.41, 5.74) is 0.384. The summed E-state index contributed by atoms with van der Waals surface area (Å²) in [7, 11) is -7.78. The van der Waals surface area contributed by atoms with Crippen molar-refractivity contribution in [1.82, 2.24) is 10.3 Å². The zero-order valence-corrected chi connectivity index (χ0v) is 25.9. The zero-order chi connectivity index (χ0) is 31.6. The molecule has 1 aromatic heterocycles. The molecule has 2 amide bonds. The maximum Gasteiger partial charge on any atom is 0.279 e. The minimum Gasteiger partial charge on any atom is -0.313 e. The minimum atomic E-state index is -4.94. The average molecular weight is 668 g/mol. The van der Waals surface area contributed by atoms with E-state index in [2.05, 4.69) is 15.6 Å². The van der Waals surface area contributed by atoms with Gasteiger partial charge in [0.2, 0.25) is 4.77 Å². The molecule has 5 aromatic rings. The Labute approximate surface area is 265 Å². The summed E-state index contributed by atoms with van der Waals surface area (Å²) in [4.78, 5) is 31.5. The smallest absolute Gasteiger partial charge is 0.279 e. The first-order valence-corrected chi connectivity index (χ1v) is 17.0. The lowest BCUT2D eigenvalue weighted by atomic mass is 10.2. The first-order chi connectivity index (χ1) is 21.1. The van der Waals surface area contributed by atoms with Crippen LogP contribution in [0.1, 0.15) is 10.4 Å². The lowest BCUT2D eigenvalue weighted by molar-refractivity contribution is -2.00. The van der Waals surface area contributed by atoms with Crippen LogP contribution >= 0.6 is 30.2 Å². The van der Waals surface area contributed by atoms with Crippen LogP contribution in [0.3, 0.4) is 0 Å². The third-order valence-corrected chi connectivity index (χ3v) is 11.8. The molecule has 9 nitrogen and oxygen atoms in total. The highest BCUT2D eigenvalue weighted by Gasteiger charge is 2.52. The monoisotopic (exact) mass is 667 g/mol. The molecule has 0 saturated heterocycles. The minimum absolute atomic E-state index is 0.0226. The van der Waals surface area contributed by atoms with Gasteiger partial charge >= 0.3 is 0 Å². The molecule has 5 rings (SSSR count). The summed E-state index contributed by atoms with van der Waals surface area (Å²) < 4.78 is 34.2. The third-order valence-electron chi connectivity index (χ3n) is 6.09. The second kappa shape index (κ2) is 15.2. The van der Waals surface area contributed by atoms with Crippen LogP contribution in [0.2, 0.25) is 0 Å². The summed E-state index contributed by atoms with van der Waals surface area (Å²) in [5, 5.41) is 10.7. The molecule has 2 N–H and O–H groups in total. The molecule has 0 aliphatic heterocycles. The zero-order valence-electron chi connectivity index (χ0n) is 22.7. The summed E-state index contributed by atoms with van der Waals surface area (Å²) in [5.74, 6) is -0.989. The lowest BCUT2D eigenvalue weighted by Crippen LogP contribution is -2.68. The summed E-state index contributed by atoms with van der Waals surface area (Å²) in [6.07, 6.45) is 1.60. The molecule has 0 spiro atoms. The van der Waals surface area contributed by atoms with E-state index in [1.165, 1.54) is 11.3 Å². The predicted octanol–water partition coefficient (Wildman–Crippen LogP) is 1.16. The van der Waals surface area contributed by atoms with E-state index in [1.807, 2.05) is 97.1 Å². The van der Waals surface area contributed by atoms with E-state index >= 15 is 0 Å². The van der Waals surface area contributed by atoms with Gasteiger partial charge in [-0.3, -0.25) is 14.9 Å². The van der Waals surface area contributed by atoms with Crippen molar-refractivity contribution in [3.8, 4) is 0 Å². The normalized spacial score (nSPS) is 11.8. The van der Waals surface area contributed by atoms with Crippen LogP contribution in [0.15, 0.2) is 143 Å². The first-order valence-electron chi connectivity index (χ1n) is 12.8. The fourth-order valence-corrected chi connectivity index (χ4v) is 9.79. The van der Waals surface area contributed by atoms with E-state index in [0.29, 0.717) is 10.7 Å². The van der Waals surface area contributed by atoms with Crippen molar-refractivity contribution >= 4 is 63.1 Å². The number of rotatable bonds is 8. The largest absolute Gasteiger partial charge is 0.313 e. The van der Waals surface area contributed by atoms with E-state index in [4.69, 9.17) is 30.2 Å². The number of carbonyl (C=O) groups excluding carboxylic acids is 2. The predicted molar refractivity (Wildman–Crippen MR) is 163 cm³/mol. The second-order valence-electron chi connectivity index (χ2n) is 8.83. The molecule has 0 unspecified atom stereocenters. The van der Waals surface area contributed by atoms with Crippen LogP contribution < -0.4 is 45.2 Å². The Bertz CT molecular complexity index is 1590. The molecule has 13 heteroatoms. The Kier molecular flexibility index (Phi) is 11.4. The molecular weight excluding hydrogens is 644 g/mol. The Hall–Kier alpha value is -3.96. The summed E-state index contributed by atoms with van der Waals surface area (Å²) in [6, 6.07) is 38.4. The molecule has 224 valence electrons. The van der Waals surface area contributed by atoms with Crippen molar-refractivity contribution in [2.24, 2.45) is 0 Å². The van der Waals surface area contributed by atoms with Gasteiger partial charge in [0.15, 0.2) is 18.1 Å². The fraction of sp³-hybridized carbons (Fsp3) is 0. The fourth-order valence-electron chi connectivity index (χ4n) is 4.33. The quantitative estimate of drug-likeness (QED) is 0.185. The van der Waals surface area contributed by atoms with E-state index in [9.17, 15) is 9.59 Å². The van der Waals surface area contributed by atoms with Gasteiger partial charge in [-0.15, -0.1) is 21.6 Å². The van der Waals surface area contributed by atoms with Gasteiger partial charge in [0.25, 0.3) is 11.8 Å². The molecular formula is C31H24Cl2N3O6PS. The van der Waals surface area contributed by atoms with E-state index in [0.717, 1.165) is 15.9 Å². The number of aromatic nitrogens is 1. The van der Waals surface area contributed by atoms with Gasteiger partial charge in [-0.1, -0.05) is 72.8 Å². The standard InChI is InChI=1S/C31H23ClN3O2PS.ClHO4/c32-28(27(30(37)35-31-33-21-22-39-31)34-29(36)23-13-5-1-6-14-23)38(24-15-7-2-8-16-24,25-17-9-3-10-18-25)26-19-11-4-12-20-26;2-1(3,4)5/h1-22H,(H-,33,34,35,36,37);(H,2,3,4,5)/b28-27-;. The molecule has 0 aliphatic carbocycles. The maximum atomic E-state index is 13.9. The van der Waals surface area contributed by atoms with Gasteiger partial charge in [0.1, 0.15) is 15.9 Å². The highest BCUT2D eigenvalue weighted by Crippen LogP contribution is 2.64.